The topological polar surface area (TPSA) is 71.7 Å². The third kappa shape index (κ3) is 9.66. The van der Waals surface area contributed by atoms with Gasteiger partial charge in [-0.1, -0.05) is 59.3 Å². The molecule has 2 rings (SSSR count). The maximum Gasteiger partial charge on any atom is 0.347 e. The average Bonchev–Trinajstić information content (AvgIpc) is 2.87. The number of hydrogen-bond acceptors (Lipinski definition) is 5. The molecule has 1 atom stereocenters. The molecule has 1 aliphatic rings. The lowest BCUT2D eigenvalue weighted by Crippen LogP contribution is -2.42. The van der Waals surface area contributed by atoms with Crippen molar-refractivity contribution in [3.8, 4) is 0 Å². The lowest BCUT2D eigenvalue weighted by molar-refractivity contribution is 0.0854. The van der Waals surface area contributed by atoms with E-state index in [0.717, 1.165) is 67.9 Å². The molecule has 0 radical (unpaired) electrons. The number of amides is 2. The first-order valence-electron chi connectivity index (χ1n) is 14.1. The van der Waals surface area contributed by atoms with Crippen molar-refractivity contribution in [1.82, 2.24) is 9.80 Å². The highest BCUT2D eigenvalue weighted by molar-refractivity contribution is 5.94. The van der Waals surface area contributed by atoms with E-state index in [-0.39, 0.29) is 0 Å². The summed E-state index contributed by atoms with van der Waals surface area (Å²) in [4.78, 5) is 27.7. The quantitative estimate of drug-likeness (QED) is 0.281. The Balaban J connectivity index is 2.06. The molecule has 1 aromatic carbocycles. The van der Waals surface area contributed by atoms with E-state index < -0.39 is 12.3 Å². The number of aryl methyl sites for hydroxylation is 2. The van der Waals surface area contributed by atoms with Gasteiger partial charge < -0.3 is 14.9 Å². The number of anilines is 1. The molecular formula is C29H49N5O2. The van der Waals surface area contributed by atoms with Crippen LogP contribution in [0.4, 0.5) is 16.2 Å². The lowest BCUT2D eigenvalue weighted by atomic mass is 10.1. The Bertz CT molecular complexity index is 854. The van der Waals surface area contributed by atoms with Gasteiger partial charge in [-0.25, -0.2) is 4.79 Å². The van der Waals surface area contributed by atoms with Crippen molar-refractivity contribution < 1.29 is 9.90 Å². The van der Waals surface area contributed by atoms with Crippen molar-refractivity contribution in [2.45, 2.75) is 98.6 Å². The van der Waals surface area contributed by atoms with Crippen LogP contribution < -0.4 is 4.90 Å². The van der Waals surface area contributed by atoms with Crippen LogP contribution in [-0.4, -0.2) is 72.4 Å². The molecule has 1 aromatic rings. The standard InChI is InChI=1S/C29H49N5O2/c1-6-9-11-12-13-14-16-32(8-3)17-15-19-34-28(35)22-30-26-20-24(4)25(5)21-27(26)33(18-10-7-2)23-31-29(34)36/h20-23,28,35H,6-19H2,1-5H3/b30-22?,31-23+. The minimum Gasteiger partial charge on any atom is -0.368 e. The molecule has 202 valence electrons. The first-order valence-corrected chi connectivity index (χ1v) is 14.1. The largest absolute Gasteiger partial charge is 0.368 e. The SMILES string of the molecule is CCCCCCCCN(CC)CCCN1C(=O)/N=C/N(CCCC)c2cc(C)c(C)cc2N=CC1O. The second-order valence-corrected chi connectivity index (χ2v) is 9.94. The number of aliphatic imine (C=N–C) groups is 2. The van der Waals surface area contributed by atoms with Gasteiger partial charge in [0.05, 0.1) is 17.6 Å². The maximum absolute atomic E-state index is 13.0. The van der Waals surface area contributed by atoms with Crippen LogP contribution in [0.3, 0.4) is 0 Å². The summed E-state index contributed by atoms with van der Waals surface area (Å²) in [6, 6.07) is 3.69. The van der Waals surface area contributed by atoms with Crippen LogP contribution in [0.5, 0.6) is 0 Å². The highest BCUT2D eigenvalue weighted by Crippen LogP contribution is 2.32. The van der Waals surface area contributed by atoms with E-state index in [4.69, 9.17) is 0 Å². The first-order chi connectivity index (χ1) is 17.4. The lowest BCUT2D eigenvalue weighted by Gasteiger charge is -2.28. The number of urea groups is 1. The van der Waals surface area contributed by atoms with Gasteiger partial charge >= 0.3 is 6.03 Å². The molecule has 1 N–H and O–H groups in total. The Kier molecular flexibility index (Phi) is 13.7. The van der Waals surface area contributed by atoms with Gasteiger partial charge in [0.1, 0.15) is 6.34 Å². The Morgan fingerprint density at radius 1 is 0.861 bits per heavy atom. The van der Waals surface area contributed by atoms with Crippen LogP contribution in [0, 0.1) is 13.8 Å². The molecule has 0 saturated heterocycles. The molecule has 36 heavy (non-hydrogen) atoms. The summed E-state index contributed by atoms with van der Waals surface area (Å²) in [5.74, 6) is 0. The Morgan fingerprint density at radius 2 is 1.53 bits per heavy atom. The molecule has 0 bridgehead atoms. The summed E-state index contributed by atoms with van der Waals surface area (Å²) < 4.78 is 0. The fourth-order valence-electron chi connectivity index (χ4n) is 4.46. The number of benzene rings is 1. The van der Waals surface area contributed by atoms with E-state index in [9.17, 15) is 9.90 Å². The molecule has 1 aliphatic heterocycles. The van der Waals surface area contributed by atoms with Gasteiger partial charge in [-0.3, -0.25) is 9.89 Å². The van der Waals surface area contributed by atoms with E-state index >= 15 is 0 Å². The zero-order valence-electron chi connectivity index (χ0n) is 23.4. The fraction of sp³-hybridized carbons (Fsp3) is 0.690. The summed E-state index contributed by atoms with van der Waals surface area (Å²) in [6.45, 7) is 14.9. The van der Waals surface area contributed by atoms with Gasteiger partial charge in [0, 0.05) is 13.1 Å². The molecule has 2 amide bonds. The zero-order valence-corrected chi connectivity index (χ0v) is 23.4. The van der Waals surface area contributed by atoms with Crippen LogP contribution in [0.1, 0.15) is 89.7 Å². The van der Waals surface area contributed by atoms with Crippen LogP contribution >= 0.6 is 0 Å². The monoisotopic (exact) mass is 499 g/mol. The van der Waals surface area contributed by atoms with Gasteiger partial charge in [-0.15, -0.1) is 0 Å². The number of aliphatic hydroxyl groups excluding tert-OH is 1. The van der Waals surface area contributed by atoms with Crippen molar-refractivity contribution in [2.75, 3.05) is 37.6 Å². The highest BCUT2D eigenvalue weighted by Gasteiger charge is 2.22. The van der Waals surface area contributed by atoms with Crippen molar-refractivity contribution in [3.05, 3.63) is 23.3 Å². The summed E-state index contributed by atoms with van der Waals surface area (Å²) in [6.07, 6.45) is 12.5. The number of aliphatic hydroxyl groups is 1. The van der Waals surface area contributed by atoms with Crippen LogP contribution in [-0.2, 0) is 0 Å². The van der Waals surface area contributed by atoms with Crippen molar-refractivity contribution in [3.63, 3.8) is 0 Å². The van der Waals surface area contributed by atoms with Gasteiger partial charge in [-0.2, -0.15) is 4.99 Å². The molecule has 1 unspecified atom stereocenters. The molecule has 0 aliphatic carbocycles. The van der Waals surface area contributed by atoms with Gasteiger partial charge in [-0.05, 0) is 76.0 Å². The number of nitrogens with zero attached hydrogens (tertiary/aromatic N) is 5. The predicted octanol–water partition coefficient (Wildman–Crippen LogP) is 6.47. The molecular weight excluding hydrogens is 450 g/mol. The third-order valence-electron chi connectivity index (χ3n) is 7.02. The number of fused-ring (bicyclic) bond motifs is 1. The molecule has 0 aromatic heterocycles. The second kappa shape index (κ2) is 16.5. The van der Waals surface area contributed by atoms with E-state index in [0.29, 0.717) is 6.54 Å². The normalized spacial score (nSPS) is 17.1. The molecule has 7 heteroatoms. The summed E-state index contributed by atoms with van der Waals surface area (Å²) in [5.41, 5.74) is 3.99. The Hall–Kier alpha value is -2.25. The number of carbonyl (C=O) groups is 1. The van der Waals surface area contributed by atoms with Crippen LogP contribution in [0.2, 0.25) is 0 Å². The minimum atomic E-state index is -1.11. The van der Waals surface area contributed by atoms with Gasteiger partial charge in [0.2, 0.25) is 0 Å². The summed E-state index contributed by atoms with van der Waals surface area (Å²) in [7, 11) is 0. The van der Waals surface area contributed by atoms with Gasteiger partial charge in [0.25, 0.3) is 0 Å². The van der Waals surface area contributed by atoms with Crippen molar-refractivity contribution in [1.29, 1.82) is 0 Å². The predicted molar refractivity (Wildman–Crippen MR) is 153 cm³/mol. The van der Waals surface area contributed by atoms with E-state index in [1.54, 1.807) is 6.34 Å². The number of hydrogen-bond donors (Lipinski definition) is 1. The van der Waals surface area contributed by atoms with Crippen LogP contribution in [0.25, 0.3) is 0 Å². The van der Waals surface area contributed by atoms with E-state index in [2.05, 4.69) is 55.6 Å². The molecule has 1 heterocycles. The van der Waals surface area contributed by atoms with Gasteiger partial charge in [0.15, 0.2) is 6.23 Å². The highest BCUT2D eigenvalue weighted by atomic mass is 16.3. The van der Waals surface area contributed by atoms with Crippen molar-refractivity contribution in [2.24, 2.45) is 9.98 Å². The number of carbonyl (C=O) groups excluding carboxylic acids is 1. The summed E-state index contributed by atoms with van der Waals surface area (Å²) >= 11 is 0. The molecule has 0 saturated carbocycles. The number of unbranched alkanes of at least 4 members (excludes halogenated alkanes) is 6. The Labute approximate surface area is 219 Å². The summed E-state index contributed by atoms with van der Waals surface area (Å²) in [5, 5.41) is 10.8. The zero-order chi connectivity index (χ0) is 26.3. The second-order valence-electron chi connectivity index (χ2n) is 9.94. The Morgan fingerprint density at radius 3 is 2.25 bits per heavy atom. The van der Waals surface area contributed by atoms with E-state index in [1.807, 2.05) is 11.0 Å². The minimum absolute atomic E-state index is 0.429. The average molecular weight is 500 g/mol. The fourth-order valence-corrected chi connectivity index (χ4v) is 4.46. The van der Waals surface area contributed by atoms with Crippen LogP contribution in [0.15, 0.2) is 22.1 Å². The number of rotatable bonds is 15. The third-order valence-corrected chi connectivity index (χ3v) is 7.02. The molecule has 0 fully saturated rings. The van der Waals surface area contributed by atoms with E-state index in [1.165, 1.54) is 49.6 Å². The molecule has 7 nitrogen and oxygen atoms in total. The smallest absolute Gasteiger partial charge is 0.347 e. The maximum atomic E-state index is 13.0. The van der Waals surface area contributed by atoms with Crippen molar-refractivity contribution >= 4 is 30.0 Å². The molecule has 0 spiro atoms. The first kappa shape index (κ1) is 30.0.